The van der Waals surface area contributed by atoms with Gasteiger partial charge in [-0.2, -0.15) is 0 Å². The van der Waals surface area contributed by atoms with Crippen molar-refractivity contribution in [1.29, 1.82) is 0 Å². The largest absolute Gasteiger partial charge is 0.494 e. The van der Waals surface area contributed by atoms with E-state index in [-0.39, 0.29) is 0 Å². The molecular formula is C18H29NO2. The molecule has 1 heterocycles. The third kappa shape index (κ3) is 5.68. The highest BCUT2D eigenvalue weighted by Crippen LogP contribution is 2.33. The molecule has 1 aliphatic heterocycles. The molecule has 0 radical (unpaired) electrons. The SMILES string of the molecule is CC(C)CNCC1(CCOc2ccccc2)CCOCC1. The van der Waals surface area contributed by atoms with Crippen LogP contribution in [0.15, 0.2) is 30.3 Å². The Bertz CT molecular complexity index is 385. The minimum atomic E-state index is 0.335. The highest BCUT2D eigenvalue weighted by molar-refractivity contribution is 5.20. The number of rotatable bonds is 8. The summed E-state index contributed by atoms with van der Waals surface area (Å²) in [6.45, 7) is 9.22. The molecule has 1 aromatic carbocycles. The Morgan fingerprint density at radius 2 is 1.90 bits per heavy atom. The highest BCUT2D eigenvalue weighted by Gasteiger charge is 2.32. The average Bonchev–Trinajstić information content (AvgIpc) is 2.49. The van der Waals surface area contributed by atoms with Gasteiger partial charge in [0.2, 0.25) is 0 Å². The van der Waals surface area contributed by atoms with E-state index in [1.165, 1.54) is 0 Å². The summed E-state index contributed by atoms with van der Waals surface area (Å²) in [4.78, 5) is 0. The molecule has 0 atom stereocenters. The van der Waals surface area contributed by atoms with Gasteiger partial charge < -0.3 is 14.8 Å². The van der Waals surface area contributed by atoms with Crippen LogP contribution in [-0.2, 0) is 4.74 Å². The lowest BCUT2D eigenvalue weighted by Gasteiger charge is -2.37. The van der Waals surface area contributed by atoms with Gasteiger partial charge in [-0.15, -0.1) is 0 Å². The molecule has 1 saturated heterocycles. The molecule has 0 amide bonds. The molecule has 3 heteroatoms. The van der Waals surface area contributed by atoms with Crippen LogP contribution in [0.3, 0.4) is 0 Å². The molecule has 0 unspecified atom stereocenters. The fourth-order valence-corrected chi connectivity index (χ4v) is 2.85. The summed E-state index contributed by atoms with van der Waals surface area (Å²) < 4.78 is 11.4. The van der Waals surface area contributed by atoms with E-state index in [4.69, 9.17) is 9.47 Å². The summed E-state index contributed by atoms with van der Waals surface area (Å²) >= 11 is 0. The molecule has 0 spiro atoms. The van der Waals surface area contributed by atoms with Gasteiger partial charge in [-0.05, 0) is 49.3 Å². The van der Waals surface area contributed by atoms with E-state index in [2.05, 4.69) is 19.2 Å². The number of benzene rings is 1. The van der Waals surface area contributed by atoms with Crippen LogP contribution >= 0.6 is 0 Å². The Kier molecular flexibility index (Phi) is 6.52. The Morgan fingerprint density at radius 3 is 2.57 bits per heavy atom. The molecule has 1 aliphatic rings. The molecule has 3 nitrogen and oxygen atoms in total. The number of hydrogen-bond acceptors (Lipinski definition) is 3. The summed E-state index contributed by atoms with van der Waals surface area (Å²) in [7, 11) is 0. The predicted molar refractivity (Wildman–Crippen MR) is 86.7 cm³/mol. The Morgan fingerprint density at radius 1 is 1.19 bits per heavy atom. The molecule has 0 saturated carbocycles. The fourth-order valence-electron chi connectivity index (χ4n) is 2.85. The summed E-state index contributed by atoms with van der Waals surface area (Å²) in [6, 6.07) is 10.1. The molecule has 0 bridgehead atoms. The van der Waals surface area contributed by atoms with Gasteiger partial charge >= 0.3 is 0 Å². The molecule has 1 fully saturated rings. The zero-order valence-corrected chi connectivity index (χ0v) is 13.4. The number of para-hydroxylation sites is 1. The summed E-state index contributed by atoms with van der Waals surface area (Å²) in [5, 5.41) is 3.63. The molecule has 21 heavy (non-hydrogen) atoms. The summed E-state index contributed by atoms with van der Waals surface area (Å²) in [5.41, 5.74) is 0.335. The normalized spacial score (nSPS) is 17.9. The van der Waals surface area contributed by atoms with Crippen LogP contribution in [0.4, 0.5) is 0 Å². The number of nitrogens with one attached hydrogen (secondary N) is 1. The molecule has 1 N–H and O–H groups in total. The maximum atomic E-state index is 5.89. The first kappa shape index (κ1) is 16.3. The zero-order valence-electron chi connectivity index (χ0n) is 13.4. The second-order valence-corrected chi connectivity index (χ2v) is 6.55. The lowest BCUT2D eigenvalue weighted by atomic mass is 9.77. The number of hydrogen-bond donors (Lipinski definition) is 1. The van der Waals surface area contributed by atoms with Crippen molar-refractivity contribution in [2.24, 2.45) is 11.3 Å². The lowest BCUT2D eigenvalue weighted by molar-refractivity contribution is 0.00403. The van der Waals surface area contributed by atoms with E-state index in [0.29, 0.717) is 11.3 Å². The van der Waals surface area contributed by atoms with Crippen molar-refractivity contribution in [2.75, 3.05) is 32.9 Å². The smallest absolute Gasteiger partial charge is 0.119 e. The minimum absolute atomic E-state index is 0.335. The Labute approximate surface area is 129 Å². The fraction of sp³-hybridized carbons (Fsp3) is 0.667. The van der Waals surface area contributed by atoms with E-state index in [1.54, 1.807) is 0 Å². The molecule has 0 aliphatic carbocycles. The average molecular weight is 291 g/mol. The van der Waals surface area contributed by atoms with Crippen molar-refractivity contribution in [3.05, 3.63) is 30.3 Å². The second-order valence-electron chi connectivity index (χ2n) is 6.55. The third-order valence-corrected chi connectivity index (χ3v) is 4.25. The van der Waals surface area contributed by atoms with Gasteiger partial charge in [0.15, 0.2) is 0 Å². The van der Waals surface area contributed by atoms with Gasteiger partial charge in [0.25, 0.3) is 0 Å². The van der Waals surface area contributed by atoms with Crippen molar-refractivity contribution in [3.63, 3.8) is 0 Å². The molecular weight excluding hydrogens is 262 g/mol. The van der Waals surface area contributed by atoms with Crippen LogP contribution < -0.4 is 10.1 Å². The van der Waals surface area contributed by atoms with Crippen LogP contribution in [0, 0.1) is 11.3 Å². The highest BCUT2D eigenvalue weighted by atomic mass is 16.5. The second kappa shape index (κ2) is 8.40. The lowest BCUT2D eigenvalue weighted by Crippen LogP contribution is -2.41. The summed E-state index contributed by atoms with van der Waals surface area (Å²) in [6.07, 6.45) is 3.36. The Hall–Kier alpha value is -1.06. The summed E-state index contributed by atoms with van der Waals surface area (Å²) in [5.74, 6) is 1.66. The van der Waals surface area contributed by atoms with Crippen LogP contribution in [0.5, 0.6) is 5.75 Å². The van der Waals surface area contributed by atoms with Crippen molar-refractivity contribution in [3.8, 4) is 5.75 Å². The predicted octanol–water partition coefficient (Wildman–Crippen LogP) is 3.50. The first-order valence-corrected chi connectivity index (χ1v) is 8.17. The van der Waals surface area contributed by atoms with Gasteiger partial charge in [0, 0.05) is 19.8 Å². The van der Waals surface area contributed by atoms with Gasteiger partial charge in [-0.1, -0.05) is 32.0 Å². The monoisotopic (exact) mass is 291 g/mol. The topological polar surface area (TPSA) is 30.5 Å². The molecule has 0 aromatic heterocycles. The van der Waals surface area contributed by atoms with Crippen LogP contribution in [0.2, 0.25) is 0 Å². The maximum Gasteiger partial charge on any atom is 0.119 e. The van der Waals surface area contributed by atoms with Crippen molar-refractivity contribution < 1.29 is 9.47 Å². The Balaban J connectivity index is 1.81. The first-order chi connectivity index (χ1) is 10.2. The molecule has 2 rings (SSSR count). The van der Waals surface area contributed by atoms with Crippen LogP contribution in [0.1, 0.15) is 33.1 Å². The zero-order chi connectivity index (χ0) is 15.0. The van der Waals surface area contributed by atoms with E-state index >= 15 is 0 Å². The van der Waals surface area contributed by atoms with Crippen molar-refractivity contribution in [2.45, 2.75) is 33.1 Å². The first-order valence-electron chi connectivity index (χ1n) is 8.17. The van der Waals surface area contributed by atoms with E-state index in [9.17, 15) is 0 Å². The standard InChI is InChI=1S/C18H29NO2/c1-16(2)14-19-15-18(8-11-20-12-9-18)10-13-21-17-6-4-3-5-7-17/h3-7,16,19H,8-15H2,1-2H3. The quantitative estimate of drug-likeness (QED) is 0.795. The molecule has 1 aromatic rings. The maximum absolute atomic E-state index is 5.89. The van der Waals surface area contributed by atoms with E-state index < -0.39 is 0 Å². The number of ether oxygens (including phenoxy) is 2. The van der Waals surface area contributed by atoms with Crippen molar-refractivity contribution in [1.82, 2.24) is 5.32 Å². The van der Waals surface area contributed by atoms with Gasteiger partial charge in [-0.25, -0.2) is 0 Å². The third-order valence-electron chi connectivity index (χ3n) is 4.25. The minimum Gasteiger partial charge on any atom is -0.494 e. The van der Waals surface area contributed by atoms with Gasteiger partial charge in [0.1, 0.15) is 5.75 Å². The van der Waals surface area contributed by atoms with Crippen molar-refractivity contribution >= 4 is 0 Å². The van der Waals surface area contributed by atoms with Crippen LogP contribution in [-0.4, -0.2) is 32.9 Å². The van der Waals surface area contributed by atoms with E-state index in [1.807, 2.05) is 30.3 Å². The van der Waals surface area contributed by atoms with Gasteiger partial charge in [-0.3, -0.25) is 0 Å². The van der Waals surface area contributed by atoms with Gasteiger partial charge in [0.05, 0.1) is 6.61 Å². The van der Waals surface area contributed by atoms with Crippen LogP contribution in [0.25, 0.3) is 0 Å². The van der Waals surface area contributed by atoms with E-state index in [0.717, 1.165) is 57.9 Å². The molecule has 118 valence electrons.